The number of hydrogen-bond acceptors (Lipinski definition) is 5. The maximum Gasteiger partial charge on any atom is 0.241 e. The van der Waals surface area contributed by atoms with E-state index in [0.717, 1.165) is 42.7 Å². The zero-order valence-electron chi connectivity index (χ0n) is 19.5. The fourth-order valence-electron chi connectivity index (χ4n) is 5.09. The van der Waals surface area contributed by atoms with Gasteiger partial charge < -0.3 is 4.90 Å². The van der Waals surface area contributed by atoms with E-state index in [4.69, 9.17) is 0 Å². The Balaban J connectivity index is 1.61. The van der Waals surface area contributed by atoms with E-state index in [-0.39, 0.29) is 37.1 Å². The number of amides is 3. The van der Waals surface area contributed by atoms with Crippen LogP contribution in [0.4, 0.5) is 0 Å². The molecule has 174 valence electrons. The summed E-state index contributed by atoms with van der Waals surface area (Å²) in [6, 6.07) is 11.2. The number of pyridine rings is 1. The minimum Gasteiger partial charge on any atom is -0.340 e. The van der Waals surface area contributed by atoms with E-state index in [2.05, 4.69) is 16.8 Å². The zero-order valence-corrected chi connectivity index (χ0v) is 19.5. The Hall–Kier alpha value is -3.06. The van der Waals surface area contributed by atoms with Crippen molar-refractivity contribution < 1.29 is 14.4 Å². The van der Waals surface area contributed by atoms with Crippen LogP contribution >= 0.6 is 0 Å². The first kappa shape index (κ1) is 23.1. The summed E-state index contributed by atoms with van der Waals surface area (Å²) in [6.45, 7) is 8.33. The van der Waals surface area contributed by atoms with Crippen molar-refractivity contribution in [3.63, 3.8) is 0 Å². The quantitative estimate of drug-likeness (QED) is 0.609. The van der Waals surface area contributed by atoms with Gasteiger partial charge in [0.05, 0.1) is 12.0 Å². The second-order valence-corrected chi connectivity index (χ2v) is 9.11. The molecule has 3 amide bonds. The van der Waals surface area contributed by atoms with Crippen LogP contribution in [-0.2, 0) is 26.3 Å². The Labute approximate surface area is 195 Å². The van der Waals surface area contributed by atoms with E-state index < -0.39 is 5.41 Å². The number of carbonyl (C=O) groups excluding carboxylic acids is 3. The summed E-state index contributed by atoms with van der Waals surface area (Å²) >= 11 is 0. The van der Waals surface area contributed by atoms with Gasteiger partial charge in [0.2, 0.25) is 17.7 Å². The molecule has 2 fully saturated rings. The molecule has 1 aromatic carbocycles. The molecule has 0 spiro atoms. The van der Waals surface area contributed by atoms with E-state index in [9.17, 15) is 14.4 Å². The lowest BCUT2D eigenvalue weighted by atomic mass is 9.74. The van der Waals surface area contributed by atoms with Gasteiger partial charge in [-0.25, -0.2) is 0 Å². The molecule has 0 radical (unpaired) electrons. The first-order chi connectivity index (χ1) is 15.9. The lowest BCUT2D eigenvalue weighted by molar-refractivity contribution is -0.143. The van der Waals surface area contributed by atoms with E-state index >= 15 is 0 Å². The molecular formula is C26H32N4O3. The number of hydrogen-bond donors (Lipinski definition) is 0. The predicted octanol–water partition coefficient (Wildman–Crippen LogP) is 2.53. The van der Waals surface area contributed by atoms with Crippen molar-refractivity contribution in [1.82, 2.24) is 19.7 Å². The third-order valence-corrected chi connectivity index (χ3v) is 6.88. The number of aryl methyl sites for hydroxylation is 1. The summed E-state index contributed by atoms with van der Waals surface area (Å²) in [5, 5.41) is 0. The van der Waals surface area contributed by atoms with Crippen molar-refractivity contribution in [2.45, 2.75) is 45.1 Å². The highest BCUT2D eigenvalue weighted by atomic mass is 16.2. The Morgan fingerprint density at radius 3 is 2.39 bits per heavy atom. The number of aromatic nitrogens is 1. The van der Waals surface area contributed by atoms with Crippen molar-refractivity contribution in [3.8, 4) is 0 Å². The van der Waals surface area contributed by atoms with Gasteiger partial charge in [0.1, 0.15) is 0 Å². The van der Waals surface area contributed by atoms with Crippen molar-refractivity contribution in [2.75, 3.05) is 32.7 Å². The van der Waals surface area contributed by atoms with E-state index in [0.29, 0.717) is 13.1 Å². The lowest BCUT2D eigenvalue weighted by Gasteiger charge is -2.37. The molecule has 0 saturated carbocycles. The average molecular weight is 449 g/mol. The van der Waals surface area contributed by atoms with Crippen LogP contribution in [0.1, 0.15) is 42.9 Å². The van der Waals surface area contributed by atoms with Gasteiger partial charge in [0.25, 0.3) is 0 Å². The Kier molecular flexibility index (Phi) is 6.88. The third-order valence-electron chi connectivity index (χ3n) is 6.88. The molecule has 4 rings (SSSR count). The molecule has 2 aliphatic rings. The molecule has 0 unspecified atom stereocenters. The van der Waals surface area contributed by atoms with Gasteiger partial charge in [-0.1, -0.05) is 31.2 Å². The normalized spacial score (nSPS) is 21.6. The monoisotopic (exact) mass is 448 g/mol. The van der Waals surface area contributed by atoms with Crippen LogP contribution < -0.4 is 0 Å². The molecule has 3 heterocycles. The second-order valence-electron chi connectivity index (χ2n) is 9.11. The zero-order chi connectivity index (χ0) is 23.4. The molecule has 0 N–H and O–H groups in total. The summed E-state index contributed by atoms with van der Waals surface area (Å²) in [6.07, 6.45) is 4.42. The van der Waals surface area contributed by atoms with Gasteiger partial charge in [-0.05, 0) is 48.7 Å². The smallest absolute Gasteiger partial charge is 0.241 e. The van der Waals surface area contributed by atoms with Gasteiger partial charge in [0, 0.05) is 51.4 Å². The highest BCUT2D eigenvalue weighted by Gasteiger charge is 2.54. The number of imide groups is 1. The molecule has 2 aliphatic heterocycles. The maximum atomic E-state index is 13.9. The van der Waals surface area contributed by atoms with Crippen LogP contribution in [0.25, 0.3) is 0 Å². The standard InChI is InChI=1S/C26H32N4O3/c1-3-12-28-13-15-29(16-14-28)23(31)17-26(22-7-5-4-6-20(22)2)18-24(32)30(25(26)33)19-21-8-10-27-11-9-21/h4-11H,3,12-19H2,1-2H3/t26-/m1/s1. The average Bonchev–Trinajstić information content (AvgIpc) is 3.05. The van der Waals surface area contributed by atoms with Crippen LogP contribution in [0.15, 0.2) is 48.8 Å². The summed E-state index contributed by atoms with van der Waals surface area (Å²) in [5.74, 6) is -0.571. The van der Waals surface area contributed by atoms with Gasteiger partial charge >= 0.3 is 0 Å². The molecule has 7 heteroatoms. The molecule has 0 bridgehead atoms. The maximum absolute atomic E-state index is 13.9. The predicted molar refractivity (Wildman–Crippen MR) is 125 cm³/mol. The van der Waals surface area contributed by atoms with Crippen molar-refractivity contribution in [1.29, 1.82) is 0 Å². The fraction of sp³-hybridized carbons (Fsp3) is 0.462. The van der Waals surface area contributed by atoms with E-state index in [1.807, 2.05) is 36.1 Å². The number of likely N-dealkylation sites (tertiary alicyclic amines) is 1. The second kappa shape index (κ2) is 9.83. The van der Waals surface area contributed by atoms with Gasteiger partial charge in [0.15, 0.2) is 0 Å². The van der Waals surface area contributed by atoms with Gasteiger partial charge in [-0.15, -0.1) is 0 Å². The number of nitrogens with zero attached hydrogens (tertiary/aromatic N) is 4. The van der Waals surface area contributed by atoms with Gasteiger partial charge in [-0.3, -0.25) is 29.2 Å². The summed E-state index contributed by atoms with van der Waals surface area (Å²) < 4.78 is 0. The molecule has 2 saturated heterocycles. The number of benzene rings is 1. The van der Waals surface area contributed by atoms with Crippen molar-refractivity contribution in [2.24, 2.45) is 0 Å². The Bertz CT molecular complexity index is 1020. The van der Waals surface area contributed by atoms with Crippen LogP contribution in [0, 0.1) is 6.92 Å². The molecule has 2 aromatic rings. The fourth-order valence-corrected chi connectivity index (χ4v) is 5.09. The van der Waals surface area contributed by atoms with Crippen LogP contribution in [0.3, 0.4) is 0 Å². The minimum atomic E-state index is -1.16. The third kappa shape index (κ3) is 4.69. The Morgan fingerprint density at radius 1 is 1.03 bits per heavy atom. The van der Waals surface area contributed by atoms with Crippen LogP contribution in [0.5, 0.6) is 0 Å². The van der Waals surface area contributed by atoms with Crippen LogP contribution in [-0.4, -0.2) is 70.1 Å². The number of rotatable bonds is 7. The molecular weight excluding hydrogens is 416 g/mol. The van der Waals surface area contributed by atoms with E-state index in [1.54, 1.807) is 24.5 Å². The summed E-state index contributed by atoms with van der Waals surface area (Å²) in [7, 11) is 0. The highest BCUT2D eigenvalue weighted by Crippen LogP contribution is 2.42. The number of piperazine rings is 1. The highest BCUT2D eigenvalue weighted by molar-refractivity contribution is 6.10. The lowest BCUT2D eigenvalue weighted by Crippen LogP contribution is -2.51. The number of carbonyl (C=O) groups is 3. The molecule has 33 heavy (non-hydrogen) atoms. The Morgan fingerprint density at radius 2 is 1.73 bits per heavy atom. The SMILES string of the molecule is CCCN1CCN(C(=O)C[C@]2(c3ccccc3C)CC(=O)N(Cc3ccncc3)C2=O)CC1. The topological polar surface area (TPSA) is 73.8 Å². The first-order valence-electron chi connectivity index (χ1n) is 11.7. The van der Waals surface area contributed by atoms with Crippen molar-refractivity contribution in [3.05, 3.63) is 65.5 Å². The summed E-state index contributed by atoms with van der Waals surface area (Å²) in [5.41, 5.74) is 1.38. The van der Waals surface area contributed by atoms with E-state index in [1.165, 1.54) is 4.90 Å². The molecule has 1 atom stereocenters. The summed E-state index contributed by atoms with van der Waals surface area (Å²) in [4.78, 5) is 50.0. The molecule has 1 aromatic heterocycles. The minimum absolute atomic E-state index is 0.0169. The van der Waals surface area contributed by atoms with Crippen molar-refractivity contribution >= 4 is 17.7 Å². The van der Waals surface area contributed by atoms with Gasteiger partial charge in [-0.2, -0.15) is 0 Å². The van der Waals surface area contributed by atoms with Crippen LogP contribution in [0.2, 0.25) is 0 Å². The largest absolute Gasteiger partial charge is 0.340 e. The molecule has 7 nitrogen and oxygen atoms in total. The first-order valence-corrected chi connectivity index (χ1v) is 11.7. The molecule has 0 aliphatic carbocycles.